The summed E-state index contributed by atoms with van der Waals surface area (Å²) in [6.45, 7) is 1.95. The molecule has 1 fully saturated rings. The van der Waals surface area contributed by atoms with E-state index in [0.717, 1.165) is 53.1 Å². The normalized spacial score (nSPS) is 21.0. The molecule has 1 aromatic heterocycles. The number of aromatic nitrogens is 1. The Balaban J connectivity index is 1.41. The maximum atomic E-state index is 13.7. The first-order valence-electron chi connectivity index (χ1n) is 11.1. The first-order valence-corrected chi connectivity index (χ1v) is 11.9. The van der Waals surface area contributed by atoms with Gasteiger partial charge < -0.3 is 10.2 Å². The summed E-state index contributed by atoms with van der Waals surface area (Å²) in [7, 11) is 4.20. The molecule has 4 nitrogen and oxygen atoms in total. The molecule has 4 rings (SSSR count). The Labute approximate surface area is 193 Å². The van der Waals surface area contributed by atoms with Crippen molar-refractivity contribution in [3.63, 3.8) is 0 Å². The van der Waals surface area contributed by atoms with E-state index in [1.54, 1.807) is 23.5 Å². The first kappa shape index (κ1) is 22.6. The summed E-state index contributed by atoms with van der Waals surface area (Å²) in [5, 5.41) is 4.09. The standard InChI is InChI=1S/C26H30FN3OS/c1-18-23(29-25(32-18)20-9-5-4-6-10-20)24(31)28-22-12-14-26(15-13-22,30(2)3)17-19-8-7-11-21(27)16-19/h4-11,16,22H,12-15,17H2,1-3H3,(H,28,31). The Kier molecular flexibility index (Phi) is 6.72. The van der Waals surface area contributed by atoms with E-state index in [4.69, 9.17) is 0 Å². The topological polar surface area (TPSA) is 45.2 Å². The number of rotatable bonds is 6. The molecule has 1 saturated carbocycles. The van der Waals surface area contributed by atoms with Crippen LogP contribution in [0.2, 0.25) is 0 Å². The number of aryl methyl sites for hydroxylation is 1. The second kappa shape index (κ2) is 9.51. The molecule has 3 aromatic rings. The number of benzene rings is 2. The van der Waals surface area contributed by atoms with Crippen molar-refractivity contribution in [2.75, 3.05) is 14.1 Å². The van der Waals surface area contributed by atoms with Crippen LogP contribution < -0.4 is 5.32 Å². The monoisotopic (exact) mass is 451 g/mol. The van der Waals surface area contributed by atoms with Crippen LogP contribution >= 0.6 is 11.3 Å². The molecule has 0 bridgehead atoms. The highest BCUT2D eigenvalue weighted by Crippen LogP contribution is 2.36. The minimum absolute atomic E-state index is 0.0218. The van der Waals surface area contributed by atoms with E-state index in [-0.39, 0.29) is 23.3 Å². The molecule has 1 heterocycles. The van der Waals surface area contributed by atoms with Gasteiger partial charge in [0, 0.05) is 22.0 Å². The van der Waals surface area contributed by atoms with Crippen LogP contribution in [0.4, 0.5) is 4.39 Å². The van der Waals surface area contributed by atoms with Crippen molar-refractivity contribution in [3.05, 3.63) is 76.5 Å². The first-order chi connectivity index (χ1) is 15.4. The van der Waals surface area contributed by atoms with E-state index in [2.05, 4.69) is 29.3 Å². The molecule has 2 aromatic carbocycles. The fraction of sp³-hybridized carbons (Fsp3) is 0.385. The Morgan fingerprint density at radius 3 is 2.53 bits per heavy atom. The Hall–Kier alpha value is -2.57. The number of amides is 1. The van der Waals surface area contributed by atoms with Gasteiger partial charge in [-0.25, -0.2) is 9.37 Å². The number of nitrogens with zero attached hydrogens (tertiary/aromatic N) is 2. The van der Waals surface area contributed by atoms with Gasteiger partial charge in [-0.1, -0.05) is 42.5 Å². The van der Waals surface area contributed by atoms with Gasteiger partial charge in [0.15, 0.2) is 0 Å². The molecule has 0 unspecified atom stereocenters. The van der Waals surface area contributed by atoms with Crippen molar-refractivity contribution in [1.29, 1.82) is 0 Å². The lowest BCUT2D eigenvalue weighted by Gasteiger charge is -2.45. The molecule has 0 atom stereocenters. The molecule has 32 heavy (non-hydrogen) atoms. The average Bonchev–Trinajstić information content (AvgIpc) is 3.17. The second-order valence-corrected chi connectivity index (χ2v) is 10.2. The fourth-order valence-corrected chi connectivity index (χ4v) is 5.59. The van der Waals surface area contributed by atoms with E-state index < -0.39 is 0 Å². The molecule has 168 valence electrons. The number of thiazole rings is 1. The summed E-state index contributed by atoms with van der Waals surface area (Å²) < 4.78 is 13.7. The molecule has 1 aliphatic carbocycles. The molecule has 1 aliphatic rings. The van der Waals surface area contributed by atoms with Crippen molar-refractivity contribution in [3.8, 4) is 10.6 Å². The number of nitrogens with one attached hydrogen (secondary N) is 1. The van der Waals surface area contributed by atoms with Crippen LogP contribution in [0, 0.1) is 12.7 Å². The zero-order valence-electron chi connectivity index (χ0n) is 18.9. The predicted octanol–water partition coefficient (Wildman–Crippen LogP) is 5.47. The Morgan fingerprint density at radius 1 is 1.16 bits per heavy atom. The van der Waals surface area contributed by atoms with Crippen molar-refractivity contribution in [2.24, 2.45) is 0 Å². The third kappa shape index (κ3) is 4.92. The predicted molar refractivity (Wildman–Crippen MR) is 129 cm³/mol. The van der Waals surface area contributed by atoms with Crippen LogP contribution in [-0.4, -0.2) is 41.5 Å². The lowest BCUT2D eigenvalue weighted by molar-refractivity contribution is 0.0766. The lowest BCUT2D eigenvalue weighted by atomic mass is 9.75. The molecule has 1 amide bonds. The summed E-state index contributed by atoms with van der Waals surface area (Å²) >= 11 is 1.55. The van der Waals surface area contributed by atoms with Crippen LogP contribution in [0.3, 0.4) is 0 Å². The third-order valence-corrected chi connectivity index (χ3v) is 7.67. The van der Waals surface area contributed by atoms with E-state index in [1.807, 2.05) is 43.3 Å². The highest BCUT2D eigenvalue weighted by atomic mass is 32.1. The van der Waals surface area contributed by atoms with Crippen LogP contribution in [0.5, 0.6) is 0 Å². The zero-order valence-corrected chi connectivity index (χ0v) is 19.7. The van der Waals surface area contributed by atoms with Gasteiger partial charge in [-0.05, 0) is 70.8 Å². The van der Waals surface area contributed by atoms with Crippen molar-refractivity contribution >= 4 is 17.2 Å². The minimum Gasteiger partial charge on any atom is -0.348 e. The highest BCUT2D eigenvalue weighted by molar-refractivity contribution is 7.15. The van der Waals surface area contributed by atoms with Gasteiger partial charge in [-0.2, -0.15) is 0 Å². The summed E-state index contributed by atoms with van der Waals surface area (Å²) in [5.74, 6) is -0.278. The van der Waals surface area contributed by atoms with Gasteiger partial charge in [0.1, 0.15) is 16.5 Å². The number of likely N-dealkylation sites (N-methyl/N-ethyl adjacent to an activating group) is 1. The second-order valence-electron chi connectivity index (χ2n) is 8.96. The van der Waals surface area contributed by atoms with Gasteiger partial charge in [-0.3, -0.25) is 4.79 Å². The van der Waals surface area contributed by atoms with Gasteiger partial charge in [-0.15, -0.1) is 11.3 Å². The fourth-order valence-electron chi connectivity index (χ4n) is 4.67. The summed E-state index contributed by atoms with van der Waals surface area (Å²) in [6, 6.07) is 17.0. The zero-order chi connectivity index (χ0) is 22.7. The lowest BCUT2D eigenvalue weighted by Crippen LogP contribution is -2.52. The quantitative estimate of drug-likeness (QED) is 0.540. The third-order valence-electron chi connectivity index (χ3n) is 6.65. The van der Waals surface area contributed by atoms with Crippen LogP contribution in [0.25, 0.3) is 10.6 Å². The van der Waals surface area contributed by atoms with E-state index in [9.17, 15) is 9.18 Å². The number of hydrogen-bond acceptors (Lipinski definition) is 4. The smallest absolute Gasteiger partial charge is 0.271 e. The SMILES string of the molecule is Cc1sc(-c2ccccc2)nc1C(=O)NC1CCC(Cc2cccc(F)c2)(N(C)C)CC1. The van der Waals surface area contributed by atoms with Gasteiger partial charge in [0.05, 0.1) is 0 Å². The van der Waals surface area contributed by atoms with Crippen LogP contribution in [-0.2, 0) is 6.42 Å². The largest absolute Gasteiger partial charge is 0.348 e. The average molecular weight is 452 g/mol. The van der Waals surface area contributed by atoms with Crippen molar-refractivity contribution < 1.29 is 9.18 Å². The van der Waals surface area contributed by atoms with Crippen molar-refractivity contribution in [1.82, 2.24) is 15.2 Å². The molecular formula is C26H30FN3OS. The van der Waals surface area contributed by atoms with Gasteiger partial charge in [0.25, 0.3) is 5.91 Å². The molecule has 0 saturated heterocycles. The van der Waals surface area contributed by atoms with Crippen LogP contribution in [0.1, 0.15) is 46.6 Å². The number of carbonyl (C=O) groups is 1. The maximum Gasteiger partial charge on any atom is 0.271 e. The summed E-state index contributed by atoms with van der Waals surface area (Å²) in [6.07, 6.45) is 4.51. The highest BCUT2D eigenvalue weighted by Gasteiger charge is 2.38. The van der Waals surface area contributed by atoms with E-state index >= 15 is 0 Å². The van der Waals surface area contributed by atoms with E-state index in [0.29, 0.717) is 5.69 Å². The molecular weight excluding hydrogens is 421 g/mol. The Bertz CT molecular complexity index is 1070. The molecule has 1 N–H and O–H groups in total. The molecule has 0 radical (unpaired) electrons. The molecule has 6 heteroatoms. The Morgan fingerprint density at radius 2 is 1.88 bits per heavy atom. The van der Waals surface area contributed by atoms with E-state index in [1.165, 1.54) is 6.07 Å². The minimum atomic E-state index is -0.189. The number of carbonyl (C=O) groups excluding carboxylic acids is 1. The van der Waals surface area contributed by atoms with Crippen LogP contribution in [0.15, 0.2) is 54.6 Å². The van der Waals surface area contributed by atoms with Gasteiger partial charge in [0.2, 0.25) is 0 Å². The molecule has 0 spiro atoms. The van der Waals surface area contributed by atoms with Gasteiger partial charge >= 0.3 is 0 Å². The van der Waals surface area contributed by atoms with Crippen molar-refractivity contribution in [2.45, 2.75) is 50.6 Å². The number of hydrogen-bond donors (Lipinski definition) is 1. The number of halogens is 1. The summed E-state index contributed by atoms with van der Waals surface area (Å²) in [4.78, 5) is 20.8. The molecule has 0 aliphatic heterocycles. The summed E-state index contributed by atoms with van der Waals surface area (Å²) in [5.41, 5.74) is 2.56. The maximum absolute atomic E-state index is 13.7.